The van der Waals surface area contributed by atoms with Crippen molar-refractivity contribution in [2.45, 2.75) is 26.1 Å². The van der Waals surface area contributed by atoms with E-state index in [4.69, 9.17) is 15.9 Å². The molecule has 1 aromatic rings. The lowest BCUT2D eigenvalue weighted by atomic mass is 10.2. The van der Waals surface area contributed by atoms with Crippen LogP contribution < -0.4 is 4.74 Å². The molecule has 0 fully saturated rings. The van der Waals surface area contributed by atoms with E-state index < -0.39 is 0 Å². The van der Waals surface area contributed by atoms with Gasteiger partial charge in [-0.05, 0) is 24.1 Å². The zero-order valence-corrected chi connectivity index (χ0v) is 9.19. The zero-order chi connectivity index (χ0) is 11.1. The second-order valence-corrected chi connectivity index (χ2v) is 3.22. The minimum Gasteiger partial charge on any atom is -0.497 e. The first-order valence-corrected chi connectivity index (χ1v) is 5.00. The maximum atomic E-state index is 5.52. The normalized spacial score (nSPS) is 11.8. The van der Waals surface area contributed by atoms with Gasteiger partial charge in [0, 0.05) is 0 Å². The van der Waals surface area contributed by atoms with E-state index in [0.29, 0.717) is 6.61 Å². The highest BCUT2D eigenvalue weighted by Crippen LogP contribution is 2.12. The van der Waals surface area contributed by atoms with Crippen molar-refractivity contribution >= 4 is 0 Å². The Kier molecular flexibility index (Phi) is 4.73. The van der Waals surface area contributed by atoms with Crippen molar-refractivity contribution in [2.75, 3.05) is 7.11 Å². The average Bonchev–Trinajstić information content (AvgIpc) is 2.31. The third kappa shape index (κ3) is 3.65. The standard InChI is InChI=1S/C13H16O2/c1-4-12(5-2)15-10-11-6-8-13(14-3)9-7-11/h1,6-9,12H,5,10H2,2-3H3/t12-/m0/s1. The Labute approximate surface area is 91.2 Å². The fraction of sp³-hybridized carbons (Fsp3) is 0.385. The lowest BCUT2D eigenvalue weighted by molar-refractivity contribution is 0.0759. The highest BCUT2D eigenvalue weighted by molar-refractivity contribution is 5.26. The van der Waals surface area contributed by atoms with E-state index in [9.17, 15) is 0 Å². The van der Waals surface area contributed by atoms with Crippen LogP contribution in [0.2, 0.25) is 0 Å². The fourth-order valence-corrected chi connectivity index (χ4v) is 1.20. The molecule has 0 saturated heterocycles. The molecule has 1 rings (SSSR count). The Balaban J connectivity index is 2.48. The Hall–Kier alpha value is -1.46. The molecule has 0 saturated carbocycles. The first kappa shape index (κ1) is 11.6. The molecule has 0 bridgehead atoms. The van der Waals surface area contributed by atoms with E-state index in [1.165, 1.54) is 0 Å². The third-order valence-electron chi connectivity index (χ3n) is 2.17. The van der Waals surface area contributed by atoms with Gasteiger partial charge in [0.25, 0.3) is 0 Å². The van der Waals surface area contributed by atoms with Crippen molar-refractivity contribution in [3.8, 4) is 18.1 Å². The topological polar surface area (TPSA) is 18.5 Å². The first-order valence-electron chi connectivity index (χ1n) is 5.00. The van der Waals surface area contributed by atoms with Gasteiger partial charge < -0.3 is 9.47 Å². The maximum Gasteiger partial charge on any atom is 0.118 e. The largest absolute Gasteiger partial charge is 0.497 e. The van der Waals surface area contributed by atoms with Gasteiger partial charge in [-0.15, -0.1) is 6.42 Å². The molecule has 0 heterocycles. The number of terminal acetylenes is 1. The van der Waals surface area contributed by atoms with Crippen LogP contribution in [-0.2, 0) is 11.3 Å². The van der Waals surface area contributed by atoms with Gasteiger partial charge in [0.15, 0.2) is 0 Å². The molecule has 0 N–H and O–H groups in total. The number of ether oxygens (including phenoxy) is 2. The molecule has 1 atom stereocenters. The van der Waals surface area contributed by atoms with Crippen molar-refractivity contribution in [3.63, 3.8) is 0 Å². The summed E-state index contributed by atoms with van der Waals surface area (Å²) in [6.45, 7) is 2.56. The SMILES string of the molecule is C#C[C@@H](CC)OCc1ccc(OC)cc1. The van der Waals surface area contributed by atoms with Crippen molar-refractivity contribution in [1.29, 1.82) is 0 Å². The van der Waals surface area contributed by atoms with Crippen LogP contribution in [-0.4, -0.2) is 13.2 Å². The van der Waals surface area contributed by atoms with E-state index in [1.807, 2.05) is 31.2 Å². The molecule has 2 nitrogen and oxygen atoms in total. The van der Waals surface area contributed by atoms with E-state index in [0.717, 1.165) is 17.7 Å². The van der Waals surface area contributed by atoms with Gasteiger partial charge in [-0.25, -0.2) is 0 Å². The summed E-state index contributed by atoms with van der Waals surface area (Å²) in [7, 11) is 1.65. The minimum atomic E-state index is -0.0906. The van der Waals surface area contributed by atoms with Crippen LogP contribution in [0.3, 0.4) is 0 Å². The van der Waals surface area contributed by atoms with Crippen LogP contribution in [0.4, 0.5) is 0 Å². The van der Waals surface area contributed by atoms with Crippen LogP contribution >= 0.6 is 0 Å². The van der Waals surface area contributed by atoms with Gasteiger partial charge in [0.2, 0.25) is 0 Å². The van der Waals surface area contributed by atoms with E-state index in [-0.39, 0.29) is 6.10 Å². The van der Waals surface area contributed by atoms with Gasteiger partial charge >= 0.3 is 0 Å². The highest BCUT2D eigenvalue weighted by atomic mass is 16.5. The molecule has 15 heavy (non-hydrogen) atoms. The molecule has 80 valence electrons. The molecule has 0 aliphatic heterocycles. The molecular formula is C13H16O2. The van der Waals surface area contributed by atoms with E-state index >= 15 is 0 Å². The van der Waals surface area contributed by atoms with Crippen molar-refractivity contribution in [1.82, 2.24) is 0 Å². The van der Waals surface area contributed by atoms with Crippen LogP contribution in [0, 0.1) is 12.3 Å². The number of hydrogen-bond acceptors (Lipinski definition) is 2. The molecule has 0 aliphatic rings. The molecule has 0 aliphatic carbocycles. The molecule has 0 unspecified atom stereocenters. The molecule has 0 spiro atoms. The van der Waals surface area contributed by atoms with Gasteiger partial charge in [-0.2, -0.15) is 0 Å². The third-order valence-corrected chi connectivity index (χ3v) is 2.17. The summed E-state index contributed by atoms with van der Waals surface area (Å²) in [5.41, 5.74) is 1.10. The summed E-state index contributed by atoms with van der Waals surface area (Å²) >= 11 is 0. The predicted octanol–water partition coefficient (Wildman–Crippen LogP) is 2.62. The monoisotopic (exact) mass is 204 g/mol. The molecule has 0 aromatic heterocycles. The summed E-state index contributed by atoms with van der Waals surface area (Å²) in [6.07, 6.45) is 6.05. The quantitative estimate of drug-likeness (QED) is 0.686. The molecular weight excluding hydrogens is 188 g/mol. The van der Waals surface area contributed by atoms with Crippen LogP contribution in [0.5, 0.6) is 5.75 Å². The Morgan fingerprint density at radius 2 is 2.00 bits per heavy atom. The van der Waals surface area contributed by atoms with Crippen LogP contribution in [0.1, 0.15) is 18.9 Å². The Bertz CT molecular complexity index is 321. The summed E-state index contributed by atoms with van der Waals surface area (Å²) in [6, 6.07) is 7.77. The average molecular weight is 204 g/mol. The van der Waals surface area contributed by atoms with E-state index in [1.54, 1.807) is 7.11 Å². The molecule has 2 heteroatoms. The summed E-state index contributed by atoms with van der Waals surface area (Å²) in [5, 5.41) is 0. The number of benzene rings is 1. The highest BCUT2D eigenvalue weighted by Gasteiger charge is 2.01. The fourth-order valence-electron chi connectivity index (χ4n) is 1.20. The second-order valence-electron chi connectivity index (χ2n) is 3.22. The van der Waals surface area contributed by atoms with E-state index in [2.05, 4.69) is 5.92 Å². The zero-order valence-electron chi connectivity index (χ0n) is 9.19. The number of methoxy groups -OCH3 is 1. The Morgan fingerprint density at radius 3 is 2.47 bits per heavy atom. The lowest BCUT2D eigenvalue weighted by Crippen LogP contribution is -2.08. The van der Waals surface area contributed by atoms with Gasteiger partial charge in [-0.1, -0.05) is 25.0 Å². The van der Waals surface area contributed by atoms with Crippen molar-refractivity contribution < 1.29 is 9.47 Å². The first-order chi connectivity index (χ1) is 7.30. The van der Waals surface area contributed by atoms with Crippen molar-refractivity contribution in [3.05, 3.63) is 29.8 Å². The summed E-state index contributed by atoms with van der Waals surface area (Å²) in [4.78, 5) is 0. The van der Waals surface area contributed by atoms with Gasteiger partial charge in [0.1, 0.15) is 11.9 Å². The molecule has 0 radical (unpaired) electrons. The molecule has 0 amide bonds. The van der Waals surface area contributed by atoms with Crippen LogP contribution in [0.25, 0.3) is 0 Å². The molecule has 1 aromatic carbocycles. The second kappa shape index (κ2) is 6.10. The minimum absolute atomic E-state index is 0.0906. The number of rotatable bonds is 5. The van der Waals surface area contributed by atoms with Crippen LogP contribution in [0.15, 0.2) is 24.3 Å². The van der Waals surface area contributed by atoms with Gasteiger partial charge in [-0.3, -0.25) is 0 Å². The number of hydrogen-bond donors (Lipinski definition) is 0. The smallest absolute Gasteiger partial charge is 0.118 e. The van der Waals surface area contributed by atoms with Gasteiger partial charge in [0.05, 0.1) is 13.7 Å². The Morgan fingerprint density at radius 1 is 1.33 bits per heavy atom. The maximum absolute atomic E-state index is 5.52. The van der Waals surface area contributed by atoms with Crippen molar-refractivity contribution in [2.24, 2.45) is 0 Å². The predicted molar refractivity (Wildman–Crippen MR) is 60.7 cm³/mol. The summed E-state index contributed by atoms with van der Waals surface area (Å²) < 4.78 is 10.6. The summed E-state index contributed by atoms with van der Waals surface area (Å²) in [5.74, 6) is 3.45. The lowest BCUT2D eigenvalue weighted by Gasteiger charge is -2.09.